The van der Waals surface area contributed by atoms with E-state index in [1.807, 2.05) is 30.3 Å². The number of hydrogen-bond acceptors (Lipinski definition) is 2. The van der Waals surface area contributed by atoms with Gasteiger partial charge in [0.25, 0.3) is 5.91 Å². The van der Waals surface area contributed by atoms with E-state index in [0.717, 1.165) is 22.8 Å². The van der Waals surface area contributed by atoms with Gasteiger partial charge in [-0.05, 0) is 41.7 Å². The number of benzene rings is 3. The summed E-state index contributed by atoms with van der Waals surface area (Å²) in [5.41, 5.74) is 3.18. The lowest BCUT2D eigenvalue weighted by molar-refractivity contribution is -0.136. The minimum atomic E-state index is -0.865. The third kappa shape index (κ3) is 5.28. The van der Waals surface area contributed by atoms with Crippen LogP contribution in [0.4, 0.5) is 8.78 Å². The van der Waals surface area contributed by atoms with Gasteiger partial charge in [-0.15, -0.1) is 0 Å². The number of carbonyl (C=O) groups is 2. The minimum absolute atomic E-state index is 0.0437. The fraction of sp³-hybridized carbons (Fsp3) is 0.259. The predicted octanol–water partition coefficient (Wildman–Crippen LogP) is 5.14. The maximum Gasteiger partial charge on any atom is 0.256 e. The molecule has 3 aromatic rings. The summed E-state index contributed by atoms with van der Waals surface area (Å²) in [6, 6.07) is 21.3. The number of rotatable bonds is 5. The third-order valence-corrected chi connectivity index (χ3v) is 6.15. The van der Waals surface area contributed by atoms with Gasteiger partial charge in [0, 0.05) is 38.7 Å². The number of piperidine rings is 1. The number of halogens is 2. The zero-order valence-electron chi connectivity index (χ0n) is 18.5. The molecular formula is C27H26F2N2O2. The van der Waals surface area contributed by atoms with Gasteiger partial charge in [0.15, 0.2) is 0 Å². The molecule has 0 radical (unpaired) electrons. The Balaban J connectivity index is 1.31. The summed E-state index contributed by atoms with van der Waals surface area (Å²) < 4.78 is 27.1. The number of amides is 2. The van der Waals surface area contributed by atoms with Crippen LogP contribution < -0.4 is 0 Å². The fourth-order valence-electron chi connectivity index (χ4n) is 4.26. The lowest BCUT2D eigenvalue weighted by Gasteiger charge is -2.33. The van der Waals surface area contributed by atoms with Crippen molar-refractivity contribution in [3.63, 3.8) is 0 Å². The highest BCUT2D eigenvalue weighted by molar-refractivity contribution is 5.94. The zero-order chi connectivity index (χ0) is 23.4. The predicted molar refractivity (Wildman–Crippen MR) is 123 cm³/mol. The summed E-state index contributed by atoms with van der Waals surface area (Å²) in [5.74, 6) is -2.18. The maximum absolute atomic E-state index is 13.9. The number of hydrogen-bond donors (Lipinski definition) is 0. The second-order valence-electron chi connectivity index (χ2n) is 8.45. The standard InChI is InChI=1S/C27H26F2N2O2/c1-30(18-19-7-9-21(10-8-19)20-5-3-2-4-6-20)26(32)22-13-15-31(16-14-22)27(33)24-12-11-23(28)17-25(24)29/h2-12,17,22H,13-16,18H2,1H3. The van der Waals surface area contributed by atoms with E-state index < -0.39 is 17.5 Å². The Bertz CT molecular complexity index is 1120. The highest BCUT2D eigenvalue weighted by atomic mass is 19.1. The second kappa shape index (κ2) is 9.94. The van der Waals surface area contributed by atoms with Crippen LogP contribution in [-0.4, -0.2) is 41.8 Å². The van der Waals surface area contributed by atoms with Crippen LogP contribution in [0.1, 0.15) is 28.8 Å². The minimum Gasteiger partial charge on any atom is -0.341 e. The van der Waals surface area contributed by atoms with Gasteiger partial charge in [0.1, 0.15) is 11.6 Å². The molecular weight excluding hydrogens is 422 g/mol. The van der Waals surface area contributed by atoms with E-state index in [4.69, 9.17) is 0 Å². The molecule has 1 aliphatic heterocycles. The van der Waals surface area contributed by atoms with E-state index in [1.165, 1.54) is 11.0 Å². The lowest BCUT2D eigenvalue weighted by atomic mass is 9.94. The van der Waals surface area contributed by atoms with E-state index in [0.29, 0.717) is 38.5 Å². The largest absolute Gasteiger partial charge is 0.341 e. The molecule has 0 aromatic heterocycles. The van der Waals surface area contributed by atoms with Gasteiger partial charge in [0.2, 0.25) is 5.91 Å². The van der Waals surface area contributed by atoms with Gasteiger partial charge in [-0.2, -0.15) is 0 Å². The van der Waals surface area contributed by atoms with Crippen molar-refractivity contribution in [2.75, 3.05) is 20.1 Å². The molecule has 1 aliphatic rings. The zero-order valence-corrected chi connectivity index (χ0v) is 18.5. The summed E-state index contributed by atoms with van der Waals surface area (Å²) in [4.78, 5) is 28.8. The molecule has 0 saturated carbocycles. The quantitative estimate of drug-likeness (QED) is 0.542. The molecule has 2 amide bonds. The van der Waals surface area contributed by atoms with Crippen LogP contribution in [0.15, 0.2) is 72.8 Å². The van der Waals surface area contributed by atoms with E-state index >= 15 is 0 Å². The molecule has 1 fully saturated rings. The van der Waals surface area contributed by atoms with Crippen LogP contribution in [0.3, 0.4) is 0 Å². The molecule has 1 saturated heterocycles. The Hall–Kier alpha value is -3.54. The third-order valence-electron chi connectivity index (χ3n) is 6.15. The van der Waals surface area contributed by atoms with Gasteiger partial charge in [-0.25, -0.2) is 8.78 Å². The molecule has 4 nitrogen and oxygen atoms in total. The first-order valence-electron chi connectivity index (χ1n) is 11.1. The average molecular weight is 449 g/mol. The molecule has 33 heavy (non-hydrogen) atoms. The summed E-state index contributed by atoms with van der Waals surface area (Å²) in [6.45, 7) is 1.24. The van der Waals surface area contributed by atoms with Gasteiger partial charge >= 0.3 is 0 Å². The Morgan fingerprint density at radius 1 is 0.909 bits per heavy atom. The van der Waals surface area contributed by atoms with Crippen molar-refractivity contribution in [3.05, 3.63) is 95.6 Å². The second-order valence-corrected chi connectivity index (χ2v) is 8.45. The summed E-state index contributed by atoms with van der Waals surface area (Å²) in [7, 11) is 1.79. The van der Waals surface area contributed by atoms with Crippen LogP contribution in [0.25, 0.3) is 11.1 Å². The SMILES string of the molecule is CN(Cc1ccc(-c2ccccc2)cc1)C(=O)C1CCN(C(=O)c2ccc(F)cc2F)CC1. The Morgan fingerprint density at radius 2 is 1.55 bits per heavy atom. The average Bonchev–Trinajstić information content (AvgIpc) is 2.84. The molecule has 0 N–H and O–H groups in total. The van der Waals surface area contributed by atoms with Crippen molar-refractivity contribution in [2.45, 2.75) is 19.4 Å². The van der Waals surface area contributed by atoms with Gasteiger partial charge in [-0.1, -0.05) is 54.6 Å². The summed E-state index contributed by atoms with van der Waals surface area (Å²) in [6.07, 6.45) is 1.04. The van der Waals surface area contributed by atoms with Crippen molar-refractivity contribution in [2.24, 2.45) is 5.92 Å². The first-order chi connectivity index (χ1) is 15.9. The summed E-state index contributed by atoms with van der Waals surface area (Å²) in [5, 5.41) is 0. The van der Waals surface area contributed by atoms with E-state index in [2.05, 4.69) is 24.3 Å². The van der Waals surface area contributed by atoms with Crippen LogP contribution in [-0.2, 0) is 11.3 Å². The first kappa shape index (κ1) is 22.6. The Labute approximate surface area is 192 Å². The monoisotopic (exact) mass is 448 g/mol. The Morgan fingerprint density at radius 3 is 2.18 bits per heavy atom. The van der Waals surface area contributed by atoms with Crippen molar-refractivity contribution in [1.29, 1.82) is 0 Å². The lowest BCUT2D eigenvalue weighted by Crippen LogP contribution is -2.43. The molecule has 0 spiro atoms. The molecule has 3 aromatic carbocycles. The molecule has 0 atom stereocenters. The number of likely N-dealkylation sites (tertiary alicyclic amines) is 1. The molecule has 0 unspecified atom stereocenters. The highest BCUT2D eigenvalue weighted by Gasteiger charge is 2.30. The van der Waals surface area contributed by atoms with Crippen LogP contribution >= 0.6 is 0 Å². The van der Waals surface area contributed by atoms with Crippen LogP contribution in [0.5, 0.6) is 0 Å². The molecule has 4 rings (SSSR count). The van der Waals surface area contributed by atoms with E-state index in [9.17, 15) is 18.4 Å². The van der Waals surface area contributed by atoms with E-state index in [-0.39, 0.29) is 17.4 Å². The van der Waals surface area contributed by atoms with Crippen LogP contribution in [0, 0.1) is 17.6 Å². The molecule has 0 bridgehead atoms. The smallest absolute Gasteiger partial charge is 0.256 e. The van der Waals surface area contributed by atoms with E-state index in [1.54, 1.807) is 11.9 Å². The highest BCUT2D eigenvalue weighted by Crippen LogP contribution is 2.24. The normalized spacial score (nSPS) is 14.2. The maximum atomic E-state index is 13.9. The van der Waals surface area contributed by atoms with Crippen molar-refractivity contribution in [3.8, 4) is 11.1 Å². The van der Waals surface area contributed by atoms with Crippen molar-refractivity contribution >= 4 is 11.8 Å². The Kier molecular flexibility index (Phi) is 6.82. The topological polar surface area (TPSA) is 40.6 Å². The van der Waals surface area contributed by atoms with Gasteiger partial charge < -0.3 is 9.80 Å². The number of carbonyl (C=O) groups excluding carboxylic acids is 2. The van der Waals surface area contributed by atoms with Gasteiger partial charge in [-0.3, -0.25) is 9.59 Å². The molecule has 1 heterocycles. The first-order valence-corrected chi connectivity index (χ1v) is 11.1. The van der Waals surface area contributed by atoms with Gasteiger partial charge in [0.05, 0.1) is 5.56 Å². The number of nitrogens with zero attached hydrogens (tertiary/aromatic N) is 2. The molecule has 170 valence electrons. The van der Waals surface area contributed by atoms with Crippen molar-refractivity contribution < 1.29 is 18.4 Å². The fourth-order valence-corrected chi connectivity index (χ4v) is 4.26. The summed E-state index contributed by atoms with van der Waals surface area (Å²) >= 11 is 0. The van der Waals surface area contributed by atoms with Crippen LogP contribution in [0.2, 0.25) is 0 Å². The van der Waals surface area contributed by atoms with Crippen molar-refractivity contribution in [1.82, 2.24) is 9.80 Å². The molecule has 0 aliphatic carbocycles. The molecule has 6 heteroatoms.